The van der Waals surface area contributed by atoms with Gasteiger partial charge in [0, 0.05) is 33.2 Å². The second-order valence-corrected chi connectivity index (χ2v) is 9.24. The molecular weight excluding hydrogens is 425 g/mol. The molecule has 0 atom stereocenters. The Balaban J connectivity index is 1.93. The zero-order chi connectivity index (χ0) is 22.4. The molecule has 31 heavy (non-hydrogen) atoms. The summed E-state index contributed by atoms with van der Waals surface area (Å²) in [5.41, 5.74) is 3.68. The number of nitrogens with zero attached hydrogens (tertiary/aromatic N) is 2. The predicted molar refractivity (Wildman–Crippen MR) is 137 cm³/mol. The van der Waals surface area contributed by atoms with E-state index in [1.807, 2.05) is 54.6 Å². The SMILES string of the molecule is CCN(CC)CCC(C)(C)Nc1cc(/C=C/c2ccccc2Cl)nc2cc(Cl)ccc12. The Morgan fingerprint density at radius 2 is 1.74 bits per heavy atom. The van der Waals surface area contributed by atoms with Crippen molar-refractivity contribution in [1.29, 1.82) is 0 Å². The van der Waals surface area contributed by atoms with Crippen LogP contribution in [-0.2, 0) is 0 Å². The van der Waals surface area contributed by atoms with Gasteiger partial charge in [-0.3, -0.25) is 0 Å². The molecule has 3 rings (SSSR count). The van der Waals surface area contributed by atoms with Crippen molar-refractivity contribution in [3.63, 3.8) is 0 Å². The quantitative estimate of drug-likeness (QED) is 0.359. The fourth-order valence-electron chi connectivity index (χ4n) is 3.60. The molecule has 1 aromatic heterocycles. The van der Waals surface area contributed by atoms with Crippen LogP contribution < -0.4 is 5.32 Å². The summed E-state index contributed by atoms with van der Waals surface area (Å²) in [7, 11) is 0. The normalized spacial score (nSPS) is 12.2. The van der Waals surface area contributed by atoms with Crippen molar-refractivity contribution in [1.82, 2.24) is 9.88 Å². The van der Waals surface area contributed by atoms with Crippen LogP contribution in [-0.4, -0.2) is 35.1 Å². The maximum absolute atomic E-state index is 6.30. The van der Waals surface area contributed by atoms with E-state index >= 15 is 0 Å². The lowest BCUT2D eigenvalue weighted by molar-refractivity contribution is 0.278. The average Bonchev–Trinajstić information content (AvgIpc) is 2.73. The van der Waals surface area contributed by atoms with E-state index in [4.69, 9.17) is 28.2 Å². The summed E-state index contributed by atoms with van der Waals surface area (Å²) in [6, 6.07) is 15.8. The smallest absolute Gasteiger partial charge is 0.0744 e. The van der Waals surface area contributed by atoms with Crippen LogP contribution in [0.25, 0.3) is 23.1 Å². The number of anilines is 1. The number of fused-ring (bicyclic) bond motifs is 1. The number of rotatable bonds is 9. The molecule has 0 spiro atoms. The fraction of sp³-hybridized carbons (Fsp3) is 0.346. The summed E-state index contributed by atoms with van der Waals surface area (Å²) in [5.74, 6) is 0. The molecule has 0 radical (unpaired) electrons. The third-order valence-electron chi connectivity index (χ3n) is 5.55. The zero-order valence-electron chi connectivity index (χ0n) is 18.8. The standard InChI is InChI=1S/C26H31Cl2N3/c1-5-31(6-2)16-15-26(3,4)30-25-18-21(13-11-19-9-7-8-10-23(19)28)29-24-17-20(27)12-14-22(24)25/h7-14,17-18H,5-6,15-16H2,1-4H3,(H,29,30)/b13-11+. The topological polar surface area (TPSA) is 28.2 Å². The molecule has 2 aromatic carbocycles. The fourth-order valence-corrected chi connectivity index (χ4v) is 3.97. The highest BCUT2D eigenvalue weighted by atomic mass is 35.5. The van der Waals surface area contributed by atoms with E-state index in [-0.39, 0.29) is 5.54 Å². The van der Waals surface area contributed by atoms with Gasteiger partial charge in [0.2, 0.25) is 0 Å². The van der Waals surface area contributed by atoms with Gasteiger partial charge in [0.25, 0.3) is 0 Å². The van der Waals surface area contributed by atoms with Crippen LogP contribution in [0.1, 0.15) is 45.4 Å². The molecule has 0 aliphatic rings. The minimum atomic E-state index is -0.0692. The van der Waals surface area contributed by atoms with Gasteiger partial charge in [0.15, 0.2) is 0 Å². The molecule has 1 heterocycles. The number of halogens is 2. The minimum Gasteiger partial charge on any atom is -0.380 e. The molecule has 0 saturated carbocycles. The Bertz CT molecular complexity index is 1060. The van der Waals surface area contributed by atoms with Crippen LogP contribution in [0.4, 0.5) is 5.69 Å². The molecule has 5 heteroatoms. The molecule has 3 nitrogen and oxygen atoms in total. The van der Waals surface area contributed by atoms with Crippen molar-refractivity contribution >= 4 is 51.9 Å². The lowest BCUT2D eigenvalue weighted by Crippen LogP contribution is -2.36. The van der Waals surface area contributed by atoms with E-state index in [0.29, 0.717) is 5.02 Å². The number of aromatic nitrogens is 1. The Hall–Kier alpha value is -2.07. The van der Waals surface area contributed by atoms with E-state index in [2.05, 4.69) is 44.0 Å². The summed E-state index contributed by atoms with van der Waals surface area (Å²) >= 11 is 12.6. The monoisotopic (exact) mass is 455 g/mol. The summed E-state index contributed by atoms with van der Waals surface area (Å²) in [4.78, 5) is 7.26. The summed E-state index contributed by atoms with van der Waals surface area (Å²) in [6.07, 6.45) is 5.03. The second kappa shape index (κ2) is 10.5. The van der Waals surface area contributed by atoms with Gasteiger partial charge in [-0.15, -0.1) is 0 Å². The molecule has 0 fully saturated rings. The van der Waals surface area contributed by atoms with Crippen molar-refractivity contribution < 1.29 is 0 Å². The maximum Gasteiger partial charge on any atom is 0.0744 e. The van der Waals surface area contributed by atoms with Crippen LogP contribution in [0.15, 0.2) is 48.5 Å². The van der Waals surface area contributed by atoms with Crippen molar-refractivity contribution in [2.45, 2.75) is 39.7 Å². The molecule has 0 saturated heterocycles. The molecule has 164 valence electrons. The van der Waals surface area contributed by atoms with Crippen LogP contribution in [0.5, 0.6) is 0 Å². The van der Waals surface area contributed by atoms with Crippen LogP contribution in [0, 0.1) is 0 Å². The first kappa shape index (κ1) is 23.6. The molecular formula is C26H31Cl2N3. The molecule has 0 aliphatic carbocycles. The minimum absolute atomic E-state index is 0.0692. The second-order valence-electron chi connectivity index (χ2n) is 8.40. The summed E-state index contributed by atoms with van der Waals surface area (Å²) in [6.45, 7) is 12.1. The molecule has 0 aliphatic heterocycles. The van der Waals surface area contributed by atoms with Crippen molar-refractivity contribution in [3.05, 3.63) is 69.8 Å². The third-order valence-corrected chi connectivity index (χ3v) is 6.13. The lowest BCUT2D eigenvalue weighted by atomic mass is 9.98. The van der Waals surface area contributed by atoms with Crippen LogP contribution in [0.2, 0.25) is 10.0 Å². The van der Waals surface area contributed by atoms with Crippen molar-refractivity contribution in [2.75, 3.05) is 25.0 Å². The number of benzene rings is 2. The Morgan fingerprint density at radius 3 is 2.45 bits per heavy atom. The first-order valence-electron chi connectivity index (χ1n) is 10.8. The number of hydrogen-bond acceptors (Lipinski definition) is 3. The summed E-state index contributed by atoms with van der Waals surface area (Å²) < 4.78 is 0. The zero-order valence-corrected chi connectivity index (χ0v) is 20.3. The Labute approximate surface area is 196 Å². The van der Waals surface area contributed by atoms with Crippen molar-refractivity contribution in [3.8, 4) is 0 Å². The largest absolute Gasteiger partial charge is 0.380 e. The first-order chi connectivity index (χ1) is 14.8. The highest BCUT2D eigenvalue weighted by molar-refractivity contribution is 6.32. The third kappa shape index (κ3) is 6.46. The van der Waals surface area contributed by atoms with Gasteiger partial charge < -0.3 is 10.2 Å². The van der Waals surface area contributed by atoms with Gasteiger partial charge >= 0.3 is 0 Å². The van der Waals surface area contributed by atoms with Gasteiger partial charge in [-0.25, -0.2) is 4.98 Å². The number of nitrogens with one attached hydrogen (secondary N) is 1. The molecule has 3 aromatic rings. The highest BCUT2D eigenvalue weighted by Gasteiger charge is 2.20. The average molecular weight is 456 g/mol. The summed E-state index contributed by atoms with van der Waals surface area (Å²) in [5, 5.41) is 6.23. The van der Waals surface area contributed by atoms with Crippen molar-refractivity contribution in [2.24, 2.45) is 0 Å². The number of pyridine rings is 1. The Morgan fingerprint density at radius 1 is 1.00 bits per heavy atom. The molecule has 0 bridgehead atoms. The molecule has 1 N–H and O–H groups in total. The lowest BCUT2D eigenvalue weighted by Gasteiger charge is -2.31. The van der Waals surface area contributed by atoms with Gasteiger partial charge in [-0.1, -0.05) is 61.3 Å². The highest BCUT2D eigenvalue weighted by Crippen LogP contribution is 2.30. The van der Waals surface area contributed by atoms with Gasteiger partial charge in [-0.05, 0) is 75.3 Å². The first-order valence-corrected chi connectivity index (χ1v) is 11.6. The predicted octanol–water partition coefficient (Wildman–Crippen LogP) is 7.63. The van der Waals surface area contributed by atoms with E-state index in [9.17, 15) is 0 Å². The van der Waals surface area contributed by atoms with Gasteiger partial charge in [-0.2, -0.15) is 0 Å². The van der Waals surface area contributed by atoms with Gasteiger partial charge in [0.05, 0.1) is 11.2 Å². The maximum atomic E-state index is 6.30. The Kier molecular flexibility index (Phi) is 7.99. The van der Waals surface area contributed by atoms with E-state index in [1.165, 1.54) is 0 Å². The van der Waals surface area contributed by atoms with E-state index in [0.717, 1.165) is 58.9 Å². The van der Waals surface area contributed by atoms with E-state index in [1.54, 1.807) is 0 Å². The van der Waals surface area contributed by atoms with Crippen LogP contribution >= 0.6 is 23.2 Å². The number of hydrogen-bond donors (Lipinski definition) is 1. The molecule has 0 unspecified atom stereocenters. The van der Waals surface area contributed by atoms with E-state index < -0.39 is 0 Å². The van der Waals surface area contributed by atoms with Crippen LogP contribution in [0.3, 0.4) is 0 Å². The molecule has 0 amide bonds. The van der Waals surface area contributed by atoms with Gasteiger partial charge in [0.1, 0.15) is 0 Å².